The van der Waals surface area contributed by atoms with E-state index >= 15 is 0 Å². The molecule has 0 heterocycles. The molecule has 1 N–H and O–H groups in total. The molecule has 1 rings (SSSR count). The smallest absolute Gasteiger partial charge is 0.255 e. The first kappa shape index (κ1) is 12.6. The summed E-state index contributed by atoms with van der Waals surface area (Å²) in [4.78, 5) is 11.9. The van der Waals surface area contributed by atoms with Gasteiger partial charge in [-0.15, -0.1) is 0 Å². The summed E-state index contributed by atoms with van der Waals surface area (Å²) in [6.45, 7) is 6.64. The van der Waals surface area contributed by atoms with Crippen molar-refractivity contribution in [2.75, 3.05) is 13.7 Å². The number of nitrogens with one attached hydrogen (secondary N) is 1. The number of rotatable bonds is 4. The van der Waals surface area contributed by atoms with Crippen LogP contribution in [0.3, 0.4) is 0 Å². The molecule has 0 aromatic heterocycles. The maximum absolute atomic E-state index is 11.9. The molecule has 0 saturated carbocycles. The van der Waals surface area contributed by atoms with Gasteiger partial charge in [0.25, 0.3) is 5.91 Å². The van der Waals surface area contributed by atoms with Crippen molar-refractivity contribution in [1.29, 1.82) is 0 Å². The number of benzene rings is 1. The van der Waals surface area contributed by atoms with Crippen LogP contribution < -0.4 is 10.1 Å². The Kier molecular flexibility index (Phi) is 4.35. The highest BCUT2D eigenvalue weighted by Crippen LogP contribution is 2.24. The Hall–Kier alpha value is -1.51. The number of carbonyl (C=O) groups is 1. The molecule has 1 amide bonds. The van der Waals surface area contributed by atoms with Crippen LogP contribution in [0.5, 0.6) is 5.75 Å². The zero-order valence-corrected chi connectivity index (χ0v) is 10.4. The second-order valence-corrected chi connectivity index (χ2v) is 3.92. The first-order valence-electron chi connectivity index (χ1n) is 5.53. The van der Waals surface area contributed by atoms with Crippen molar-refractivity contribution < 1.29 is 9.53 Å². The first-order chi connectivity index (χ1) is 7.60. The largest absolute Gasteiger partial charge is 0.496 e. The Balaban J connectivity index is 3.05. The topological polar surface area (TPSA) is 38.3 Å². The van der Waals surface area contributed by atoms with Gasteiger partial charge in [0.05, 0.1) is 12.7 Å². The standard InChI is InChI=1S/C13H19NO2/c1-5-6-14-13(15)11-8-9(2)7-10(3)12(11)16-4/h7-8H,5-6H2,1-4H3,(H,14,15). The minimum Gasteiger partial charge on any atom is -0.496 e. The summed E-state index contributed by atoms with van der Waals surface area (Å²) in [5.74, 6) is 0.602. The number of aryl methyl sites for hydroxylation is 2. The first-order valence-corrected chi connectivity index (χ1v) is 5.53. The van der Waals surface area contributed by atoms with E-state index in [0.29, 0.717) is 17.9 Å². The molecule has 0 radical (unpaired) electrons. The van der Waals surface area contributed by atoms with E-state index in [4.69, 9.17) is 4.74 Å². The van der Waals surface area contributed by atoms with E-state index in [2.05, 4.69) is 5.32 Å². The van der Waals surface area contributed by atoms with Gasteiger partial charge in [-0.2, -0.15) is 0 Å². The average Bonchev–Trinajstić information content (AvgIpc) is 2.24. The van der Waals surface area contributed by atoms with Crippen LogP contribution in [0.4, 0.5) is 0 Å². The summed E-state index contributed by atoms with van der Waals surface area (Å²) in [5.41, 5.74) is 2.68. The molecule has 0 saturated heterocycles. The summed E-state index contributed by atoms with van der Waals surface area (Å²) in [6, 6.07) is 3.87. The fourth-order valence-corrected chi connectivity index (χ4v) is 1.73. The van der Waals surface area contributed by atoms with E-state index in [-0.39, 0.29) is 5.91 Å². The second kappa shape index (κ2) is 5.54. The van der Waals surface area contributed by atoms with Crippen LogP contribution in [0.1, 0.15) is 34.8 Å². The third kappa shape index (κ3) is 2.75. The molecular weight excluding hydrogens is 202 g/mol. The predicted octanol–water partition coefficient (Wildman–Crippen LogP) is 2.45. The van der Waals surface area contributed by atoms with Crippen molar-refractivity contribution in [3.63, 3.8) is 0 Å². The summed E-state index contributed by atoms with van der Waals surface area (Å²) in [7, 11) is 1.59. The van der Waals surface area contributed by atoms with Crippen LogP contribution in [-0.2, 0) is 0 Å². The third-order valence-corrected chi connectivity index (χ3v) is 2.40. The van der Waals surface area contributed by atoms with Crippen LogP contribution in [0, 0.1) is 13.8 Å². The molecule has 0 atom stereocenters. The normalized spacial score (nSPS) is 10.0. The maximum atomic E-state index is 11.9. The Morgan fingerprint density at radius 3 is 2.62 bits per heavy atom. The molecule has 1 aromatic carbocycles. The van der Waals surface area contributed by atoms with E-state index in [9.17, 15) is 4.79 Å². The fourth-order valence-electron chi connectivity index (χ4n) is 1.73. The Labute approximate surface area is 96.8 Å². The Morgan fingerprint density at radius 1 is 1.38 bits per heavy atom. The van der Waals surface area contributed by atoms with Crippen molar-refractivity contribution in [2.24, 2.45) is 0 Å². The molecule has 16 heavy (non-hydrogen) atoms. The molecule has 0 bridgehead atoms. The lowest BCUT2D eigenvalue weighted by Crippen LogP contribution is -2.24. The summed E-state index contributed by atoms with van der Waals surface area (Å²) >= 11 is 0. The lowest BCUT2D eigenvalue weighted by atomic mass is 10.0. The molecule has 0 aliphatic heterocycles. The number of methoxy groups -OCH3 is 1. The third-order valence-electron chi connectivity index (χ3n) is 2.40. The number of ether oxygens (including phenoxy) is 1. The molecule has 88 valence electrons. The Morgan fingerprint density at radius 2 is 2.06 bits per heavy atom. The van der Waals surface area contributed by atoms with Crippen LogP contribution in [-0.4, -0.2) is 19.6 Å². The van der Waals surface area contributed by atoms with E-state index in [1.165, 1.54) is 0 Å². The summed E-state index contributed by atoms with van der Waals surface area (Å²) in [5, 5.41) is 2.86. The maximum Gasteiger partial charge on any atom is 0.255 e. The highest BCUT2D eigenvalue weighted by Gasteiger charge is 2.14. The van der Waals surface area contributed by atoms with Crippen LogP contribution in [0.15, 0.2) is 12.1 Å². The molecule has 1 aromatic rings. The van der Waals surface area contributed by atoms with Crippen LogP contribution in [0.25, 0.3) is 0 Å². The van der Waals surface area contributed by atoms with Gasteiger partial charge in [-0.05, 0) is 37.5 Å². The molecule has 0 unspecified atom stereocenters. The van der Waals surface area contributed by atoms with Gasteiger partial charge in [0, 0.05) is 6.54 Å². The monoisotopic (exact) mass is 221 g/mol. The van der Waals surface area contributed by atoms with Gasteiger partial charge < -0.3 is 10.1 Å². The van der Waals surface area contributed by atoms with Gasteiger partial charge in [-0.3, -0.25) is 4.79 Å². The van der Waals surface area contributed by atoms with Crippen molar-refractivity contribution in [1.82, 2.24) is 5.32 Å². The van der Waals surface area contributed by atoms with Crippen molar-refractivity contribution >= 4 is 5.91 Å². The summed E-state index contributed by atoms with van der Waals surface area (Å²) in [6.07, 6.45) is 0.929. The van der Waals surface area contributed by atoms with E-state index in [0.717, 1.165) is 17.5 Å². The van der Waals surface area contributed by atoms with E-state index in [1.54, 1.807) is 7.11 Å². The lowest BCUT2D eigenvalue weighted by molar-refractivity contribution is 0.0950. The number of carbonyl (C=O) groups excluding carboxylic acids is 1. The van der Waals surface area contributed by atoms with Crippen molar-refractivity contribution in [2.45, 2.75) is 27.2 Å². The molecule has 0 aliphatic carbocycles. The molecule has 0 spiro atoms. The Bertz CT molecular complexity index is 386. The van der Waals surface area contributed by atoms with Crippen molar-refractivity contribution in [3.05, 3.63) is 28.8 Å². The highest BCUT2D eigenvalue weighted by atomic mass is 16.5. The molecule has 3 heteroatoms. The summed E-state index contributed by atoms with van der Waals surface area (Å²) < 4.78 is 5.27. The van der Waals surface area contributed by atoms with Gasteiger partial charge in [0.15, 0.2) is 0 Å². The number of amides is 1. The number of hydrogen-bond donors (Lipinski definition) is 1. The predicted molar refractivity (Wildman–Crippen MR) is 65.1 cm³/mol. The van der Waals surface area contributed by atoms with Gasteiger partial charge in [-0.1, -0.05) is 13.0 Å². The average molecular weight is 221 g/mol. The molecule has 3 nitrogen and oxygen atoms in total. The minimum atomic E-state index is -0.0644. The number of hydrogen-bond acceptors (Lipinski definition) is 2. The highest BCUT2D eigenvalue weighted by molar-refractivity contribution is 5.97. The zero-order chi connectivity index (χ0) is 12.1. The van der Waals surface area contributed by atoms with Crippen LogP contribution in [0.2, 0.25) is 0 Å². The fraction of sp³-hybridized carbons (Fsp3) is 0.462. The van der Waals surface area contributed by atoms with Gasteiger partial charge in [-0.25, -0.2) is 0 Å². The van der Waals surface area contributed by atoms with Gasteiger partial charge >= 0.3 is 0 Å². The second-order valence-electron chi connectivity index (χ2n) is 3.92. The molecular formula is C13H19NO2. The SMILES string of the molecule is CCCNC(=O)c1cc(C)cc(C)c1OC. The van der Waals surface area contributed by atoms with E-state index < -0.39 is 0 Å². The lowest BCUT2D eigenvalue weighted by Gasteiger charge is -2.12. The molecule has 0 aliphatic rings. The van der Waals surface area contributed by atoms with Crippen molar-refractivity contribution in [3.8, 4) is 5.75 Å². The van der Waals surface area contributed by atoms with Crippen LogP contribution >= 0.6 is 0 Å². The zero-order valence-electron chi connectivity index (χ0n) is 10.4. The van der Waals surface area contributed by atoms with Gasteiger partial charge in [0.1, 0.15) is 5.75 Å². The molecule has 0 fully saturated rings. The van der Waals surface area contributed by atoms with Gasteiger partial charge in [0.2, 0.25) is 0 Å². The minimum absolute atomic E-state index is 0.0644. The van der Waals surface area contributed by atoms with E-state index in [1.807, 2.05) is 32.9 Å². The quantitative estimate of drug-likeness (QED) is 0.848.